The highest BCUT2D eigenvalue weighted by Crippen LogP contribution is 2.19. The van der Waals surface area contributed by atoms with Gasteiger partial charge in [-0.15, -0.1) is 0 Å². The molecular weight excluding hydrogens is 214 g/mol. The average Bonchev–Trinajstić information content (AvgIpc) is 2.37. The number of hydrogen-bond donors (Lipinski definition) is 1. The summed E-state index contributed by atoms with van der Waals surface area (Å²) in [6.07, 6.45) is 0. The van der Waals surface area contributed by atoms with E-state index in [4.69, 9.17) is 10.5 Å². The van der Waals surface area contributed by atoms with Gasteiger partial charge in [0.15, 0.2) is 5.78 Å². The molecule has 2 rings (SSSR count). The maximum Gasteiger partial charge on any atom is 0.182 e. The molecule has 17 heavy (non-hydrogen) atoms. The van der Waals surface area contributed by atoms with Gasteiger partial charge in [-0.3, -0.25) is 4.79 Å². The van der Waals surface area contributed by atoms with Crippen LogP contribution in [0.3, 0.4) is 0 Å². The number of ether oxygens (including phenoxy) is 1. The van der Waals surface area contributed by atoms with E-state index in [2.05, 4.69) is 0 Å². The first-order valence-electron chi connectivity index (χ1n) is 5.50. The van der Waals surface area contributed by atoms with Crippen LogP contribution >= 0.6 is 0 Å². The number of rotatable bonds is 4. The molecule has 2 aromatic rings. The lowest BCUT2D eigenvalue weighted by molar-refractivity contribution is 0.0894. The fraction of sp³-hybridized carbons (Fsp3) is 0.214. The predicted octanol–water partition coefficient (Wildman–Crippen LogP) is 2.00. The molecule has 3 nitrogen and oxygen atoms in total. The topological polar surface area (TPSA) is 52.3 Å². The van der Waals surface area contributed by atoms with Gasteiger partial charge in [0.2, 0.25) is 0 Å². The van der Waals surface area contributed by atoms with Crippen LogP contribution in [0.15, 0.2) is 42.5 Å². The Morgan fingerprint density at radius 2 is 1.94 bits per heavy atom. The summed E-state index contributed by atoms with van der Waals surface area (Å²) < 4.78 is 4.91. The van der Waals surface area contributed by atoms with E-state index in [0.29, 0.717) is 5.56 Å². The molecule has 0 heterocycles. The first kappa shape index (κ1) is 11.8. The number of nitrogens with two attached hydrogens (primary N) is 1. The van der Waals surface area contributed by atoms with Gasteiger partial charge < -0.3 is 10.5 Å². The molecule has 2 aromatic carbocycles. The van der Waals surface area contributed by atoms with E-state index >= 15 is 0 Å². The van der Waals surface area contributed by atoms with E-state index in [9.17, 15) is 4.79 Å². The van der Waals surface area contributed by atoms with Crippen LogP contribution in [-0.4, -0.2) is 25.5 Å². The molecule has 3 heteroatoms. The molecular formula is C14H15NO2. The maximum absolute atomic E-state index is 12.1. The lowest BCUT2D eigenvalue weighted by Crippen LogP contribution is -2.34. The van der Waals surface area contributed by atoms with Crippen LogP contribution < -0.4 is 5.73 Å². The van der Waals surface area contributed by atoms with E-state index in [1.807, 2.05) is 36.4 Å². The van der Waals surface area contributed by atoms with E-state index < -0.39 is 6.04 Å². The van der Waals surface area contributed by atoms with Gasteiger partial charge in [-0.05, 0) is 10.8 Å². The molecule has 0 fully saturated rings. The SMILES string of the molecule is COCC(N)C(=O)c1cccc2ccccc12. The maximum atomic E-state index is 12.1. The molecule has 0 radical (unpaired) electrons. The molecule has 88 valence electrons. The molecule has 0 aromatic heterocycles. The summed E-state index contributed by atoms with van der Waals surface area (Å²) in [7, 11) is 1.54. The first-order valence-corrected chi connectivity index (χ1v) is 5.50. The van der Waals surface area contributed by atoms with E-state index in [1.54, 1.807) is 6.07 Å². The Morgan fingerprint density at radius 1 is 1.24 bits per heavy atom. The summed E-state index contributed by atoms with van der Waals surface area (Å²) in [6, 6.07) is 12.8. The number of carbonyl (C=O) groups excluding carboxylic acids is 1. The molecule has 1 unspecified atom stereocenters. The van der Waals surface area contributed by atoms with Gasteiger partial charge in [-0.2, -0.15) is 0 Å². The van der Waals surface area contributed by atoms with E-state index in [1.165, 1.54) is 7.11 Å². The van der Waals surface area contributed by atoms with Crippen LogP contribution in [0, 0.1) is 0 Å². The van der Waals surface area contributed by atoms with Crippen LogP contribution in [0.4, 0.5) is 0 Å². The van der Waals surface area contributed by atoms with Crippen LogP contribution in [0.1, 0.15) is 10.4 Å². The number of ketones is 1. The van der Waals surface area contributed by atoms with Crippen molar-refractivity contribution in [2.45, 2.75) is 6.04 Å². The molecule has 0 aliphatic carbocycles. The Balaban J connectivity index is 2.45. The zero-order chi connectivity index (χ0) is 12.3. The van der Waals surface area contributed by atoms with Crippen molar-refractivity contribution in [1.82, 2.24) is 0 Å². The molecule has 0 spiro atoms. The molecule has 0 aliphatic rings. The molecule has 1 atom stereocenters. The zero-order valence-electron chi connectivity index (χ0n) is 9.72. The van der Waals surface area contributed by atoms with Crippen molar-refractivity contribution in [2.75, 3.05) is 13.7 Å². The number of carbonyl (C=O) groups is 1. The number of benzene rings is 2. The van der Waals surface area contributed by atoms with Gasteiger partial charge in [-0.25, -0.2) is 0 Å². The summed E-state index contributed by atoms with van der Waals surface area (Å²) in [5.74, 6) is -0.0800. The van der Waals surface area contributed by atoms with E-state index in [-0.39, 0.29) is 12.4 Å². The van der Waals surface area contributed by atoms with Crippen molar-refractivity contribution in [3.63, 3.8) is 0 Å². The Bertz CT molecular complexity index is 531. The predicted molar refractivity (Wildman–Crippen MR) is 68.1 cm³/mol. The van der Waals surface area contributed by atoms with Crippen molar-refractivity contribution in [3.05, 3.63) is 48.0 Å². The summed E-state index contributed by atoms with van der Waals surface area (Å²) >= 11 is 0. The van der Waals surface area contributed by atoms with Crippen LogP contribution in [0.25, 0.3) is 10.8 Å². The number of Topliss-reactive ketones (excluding diaryl/α,β-unsaturated/α-hetero) is 1. The monoisotopic (exact) mass is 229 g/mol. The summed E-state index contributed by atoms with van der Waals surface area (Å²) in [4.78, 5) is 12.1. The second-order valence-corrected chi connectivity index (χ2v) is 3.95. The lowest BCUT2D eigenvalue weighted by atomic mass is 9.98. The number of methoxy groups -OCH3 is 1. The van der Waals surface area contributed by atoms with Crippen LogP contribution in [-0.2, 0) is 4.74 Å². The fourth-order valence-electron chi connectivity index (χ4n) is 1.90. The fourth-order valence-corrected chi connectivity index (χ4v) is 1.90. The third kappa shape index (κ3) is 2.35. The smallest absolute Gasteiger partial charge is 0.182 e. The van der Waals surface area contributed by atoms with Crippen molar-refractivity contribution < 1.29 is 9.53 Å². The standard InChI is InChI=1S/C14H15NO2/c1-17-9-13(15)14(16)12-8-4-6-10-5-2-3-7-11(10)12/h2-8,13H,9,15H2,1H3. The van der Waals surface area contributed by atoms with Crippen LogP contribution in [0.2, 0.25) is 0 Å². The van der Waals surface area contributed by atoms with Gasteiger partial charge in [0.25, 0.3) is 0 Å². The zero-order valence-corrected chi connectivity index (χ0v) is 9.72. The average molecular weight is 229 g/mol. The quantitative estimate of drug-likeness (QED) is 0.816. The molecule has 0 saturated heterocycles. The highest BCUT2D eigenvalue weighted by molar-refractivity contribution is 6.10. The number of hydrogen-bond acceptors (Lipinski definition) is 3. The lowest BCUT2D eigenvalue weighted by Gasteiger charge is -2.11. The summed E-state index contributed by atoms with van der Waals surface area (Å²) in [5, 5.41) is 1.98. The molecule has 0 bridgehead atoms. The third-order valence-electron chi connectivity index (χ3n) is 2.74. The normalized spacial score (nSPS) is 12.6. The van der Waals surface area contributed by atoms with Gasteiger partial charge in [-0.1, -0.05) is 42.5 Å². The Hall–Kier alpha value is -1.71. The Labute approximate surface area is 100 Å². The van der Waals surface area contributed by atoms with Gasteiger partial charge >= 0.3 is 0 Å². The number of fused-ring (bicyclic) bond motifs is 1. The summed E-state index contributed by atoms with van der Waals surface area (Å²) in [5.41, 5.74) is 6.44. The minimum Gasteiger partial charge on any atom is -0.383 e. The molecule has 0 amide bonds. The van der Waals surface area contributed by atoms with E-state index in [0.717, 1.165) is 10.8 Å². The highest BCUT2D eigenvalue weighted by atomic mass is 16.5. The van der Waals surface area contributed by atoms with Crippen LogP contribution in [0.5, 0.6) is 0 Å². The second kappa shape index (κ2) is 5.08. The largest absolute Gasteiger partial charge is 0.383 e. The minimum absolute atomic E-state index is 0.0800. The van der Waals surface area contributed by atoms with Gasteiger partial charge in [0.1, 0.15) is 0 Å². The highest BCUT2D eigenvalue weighted by Gasteiger charge is 2.17. The van der Waals surface area contributed by atoms with Crippen molar-refractivity contribution >= 4 is 16.6 Å². The van der Waals surface area contributed by atoms with Crippen molar-refractivity contribution in [3.8, 4) is 0 Å². The second-order valence-electron chi connectivity index (χ2n) is 3.95. The Kier molecular flexibility index (Phi) is 3.52. The first-order chi connectivity index (χ1) is 8.24. The van der Waals surface area contributed by atoms with Crippen molar-refractivity contribution in [1.29, 1.82) is 0 Å². The summed E-state index contributed by atoms with van der Waals surface area (Å²) in [6.45, 7) is 0.238. The molecule has 2 N–H and O–H groups in total. The molecule has 0 aliphatic heterocycles. The van der Waals surface area contributed by atoms with Crippen molar-refractivity contribution in [2.24, 2.45) is 5.73 Å². The van der Waals surface area contributed by atoms with Gasteiger partial charge in [0, 0.05) is 12.7 Å². The minimum atomic E-state index is -0.606. The van der Waals surface area contributed by atoms with Gasteiger partial charge in [0.05, 0.1) is 12.6 Å². The molecule has 0 saturated carbocycles. The Morgan fingerprint density at radius 3 is 2.71 bits per heavy atom. The third-order valence-corrected chi connectivity index (χ3v) is 2.74.